The Labute approximate surface area is 358 Å². The molecule has 8 aliphatic carbocycles. The van der Waals surface area contributed by atoms with Crippen LogP contribution in [0.3, 0.4) is 0 Å². The first-order chi connectivity index (χ1) is 27.7. The Morgan fingerprint density at radius 1 is 0.250 bits per heavy atom. The van der Waals surface area contributed by atoms with Gasteiger partial charge in [-0.1, -0.05) is 0 Å². The zero-order chi connectivity index (χ0) is 37.7. The van der Waals surface area contributed by atoms with Gasteiger partial charge >= 0.3 is 362 Å². The van der Waals surface area contributed by atoms with Gasteiger partial charge in [0.2, 0.25) is 0 Å². The molecule has 0 amide bonds. The van der Waals surface area contributed by atoms with Gasteiger partial charge in [0.25, 0.3) is 0 Å². The molecule has 0 N–H and O–H groups in total. The van der Waals surface area contributed by atoms with Crippen LogP contribution in [0.15, 0.2) is 0 Å². The zero-order valence-corrected chi connectivity index (χ0v) is 44.5. The Balaban J connectivity index is 1.31. The van der Waals surface area contributed by atoms with Crippen LogP contribution in [0.4, 0.5) is 0 Å². The predicted molar refractivity (Wildman–Crippen MR) is 246 cm³/mol. The Morgan fingerprint density at radius 2 is 0.446 bits per heavy atom. The Hall–Kier alpha value is 1.91. The summed E-state index contributed by atoms with van der Waals surface area (Å²) in [6.07, 6.45) is 59.8. The standard InChI is InChI=1S/C24H44O3Si2.4C6H11.CH2.2Sn/c25-28(21-13-5-1-6-14-21,22-15-7-2-8-16-22)27-29(26,23-17-9-3-10-18-23)24-19-11-4-12-20-24;4*1-2-4-6-5-3-1;;;/h21-24H,1-20H2;4*1H,2-6H2;1H2;;/q-2;;;;;;2*+1. The molecule has 0 unspecified atom stereocenters. The van der Waals surface area contributed by atoms with Crippen LogP contribution in [0.1, 0.15) is 257 Å². The molecule has 7 heteroatoms. The van der Waals surface area contributed by atoms with Crippen molar-refractivity contribution in [3.05, 3.63) is 0 Å². The van der Waals surface area contributed by atoms with Gasteiger partial charge in [0.1, 0.15) is 0 Å². The quantitative estimate of drug-likeness (QED) is 0.227. The van der Waals surface area contributed by atoms with Crippen LogP contribution in [-0.2, 0) is 9.64 Å². The van der Waals surface area contributed by atoms with Crippen molar-refractivity contribution in [2.45, 2.75) is 297 Å². The second-order valence-corrected chi connectivity index (χ2v) is 61.4. The van der Waals surface area contributed by atoms with Crippen molar-refractivity contribution < 1.29 is 9.64 Å². The van der Waals surface area contributed by atoms with Crippen LogP contribution in [0.2, 0.25) is 40.4 Å². The third-order valence-corrected chi connectivity index (χ3v) is 88.9. The summed E-state index contributed by atoms with van der Waals surface area (Å²) in [5.74, 6) is 0. The number of hydrogen-bond acceptors (Lipinski definition) is 3. The van der Waals surface area contributed by atoms with Gasteiger partial charge in [0.05, 0.1) is 0 Å². The van der Waals surface area contributed by atoms with Gasteiger partial charge in [-0.25, -0.2) is 0 Å². The molecule has 9 fully saturated rings. The summed E-state index contributed by atoms with van der Waals surface area (Å²) in [5, 5.41) is 0. The van der Waals surface area contributed by atoms with Crippen molar-refractivity contribution in [2.75, 3.05) is 0 Å². The van der Waals surface area contributed by atoms with Crippen molar-refractivity contribution in [1.82, 2.24) is 0 Å². The topological polar surface area (TPSA) is 27.7 Å². The van der Waals surface area contributed by atoms with Crippen molar-refractivity contribution in [3.63, 3.8) is 0 Å². The molecule has 9 rings (SSSR count). The molecule has 0 aromatic carbocycles. The minimum absolute atomic E-state index is 0.775. The number of rotatable bonds is 8. The van der Waals surface area contributed by atoms with Crippen LogP contribution in [0.25, 0.3) is 0 Å². The SMILES string of the molecule is C1CCC([Si]2(C3CCCCC3)O[Si](C3CCCCC3)(C3CCCCC3)[O][Sn]([CH]3CCCCC3)([CH]3CCCCC3)[CH2][Sn]([CH]3CCCCC3)([CH]3CCCCC3)[O]2)CC1. The normalized spacial score (nSPS) is 33.4. The van der Waals surface area contributed by atoms with Crippen molar-refractivity contribution in [3.8, 4) is 0 Å². The first-order valence-corrected chi connectivity index (χ1v) is 43.7. The second kappa shape index (κ2) is 20.2. The molecule has 56 heavy (non-hydrogen) atoms. The van der Waals surface area contributed by atoms with Crippen LogP contribution < -0.4 is 0 Å². The summed E-state index contributed by atoms with van der Waals surface area (Å²) in [6, 6.07) is 0. The summed E-state index contributed by atoms with van der Waals surface area (Å²) >= 11 is -7.03. The van der Waals surface area contributed by atoms with E-state index in [-0.39, 0.29) is 0 Å². The van der Waals surface area contributed by atoms with Crippen molar-refractivity contribution in [2.24, 2.45) is 0 Å². The molecule has 320 valence electrons. The van der Waals surface area contributed by atoms with Crippen molar-refractivity contribution >= 4 is 54.7 Å². The predicted octanol–water partition coefficient (Wildman–Crippen LogP) is 17.0. The summed E-state index contributed by atoms with van der Waals surface area (Å²) in [7, 11) is -5.34. The molecule has 1 aliphatic heterocycles. The molecule has 3 nitrogen and oxygen atoms in total. The van der Waals surface area contributed by atoms with E-state index in [1.165, 1.54) is 205 Å². The maximum absolute atomic E-state index is 9.63. The Kier molecular flexibility index (Phi) is 15.6. The fourth-order valence-electron chi connectivity index (χ4n) is 16.7. The van der Waals surface area contributed by atoms with Crippen LogP contribution in [-0.4, -0.2) is 54.7 Å². The average Bonchev–Trinajstić information content (AvgIpc) is 3.29. The van der Waals surface area contributed by atoms with E-state index in [1.807, 2.05) is 0 Å². The van der Waals surface area contributed by atoms with Gasteiger partial charge in [-0.2, -0.15) is 0 Å². The molecule has 0 bridgehead atoms. The molecule has 0 aromatic heterocycles. The van der Waals surface area contributed by atoms with Gasteiger partial charge in [0, 0.05) is 0 Å². The average molecular weight is 1020 g/mol. The third kappa shape index (κ3) is 8.86. The molecular weight excluding hydrogens is 930 g/mol. The second-order valence-electron chi connectivity index (χ2n) is 22.5. The molecule has 8 saturated carbocycles. The van der Waals surface area contributed by atoms with E-state index in [0.29, 0.717) is 0 Å². The molecule has 0 aromatic rings. The zero-order valence-electron chi connectivity index (χ0n) is 36.8. The summed E-state index contributed by atoms with van der Waals surface area (Å²) in [5.41, 5.74) is 3.10. The first-order valence-electron chi connectivity index (χ1n) is 26.8. The Bertz CT molecular complexity index is 914. The molecular formula is C49H90O3Si2Sn2. The summed E-state index contributed by atoms with van der Waals surface area (Å²) < 4.78 is 34.3. The van der Waals surface area contributed by atoms with Gasteiger partial charge in [-0.15, -0.1) is 0 Å². The Morgan fingerprint density at radius 3 is 0.661 bits per heavy atom. The molecule has 0 atom stereocenters. The molecule has 9 aliphatic rings. The van der Waals surface area contributed by atoms with E-state index >= 15 is 0 Å². The summed E-state index contributed by atoms with van der Waals surface area (Å²) in [4.78, 5) is 0. The fraction of sp³-hybridized carbons (Fsp3) is 1.00. The fourth-order valence-corrected chi connectivity index (χ4v) is 128. The number of hydrogen-bond donors (Lipinski definition) is 0. The minimum atomic E-state index is -3.52. The van der Waals surface area contributed by atoms with E-state index in [2.05, 4.69) is 0 Å². The van der Waals surface area contributed by atoms with Gasteiger partial charge < -0.3 is 0 Å². The molecule has 0 radical (unpaired) electrons. The van der Waals surface area contributed by atoms with Crippen LogP contribution >= 0.6 is 0 Å². The van der Waals surface area contributed by atoms with Gasteiger partial charge in [0.15, 0.2) is 0 Å². The van der Waals surface area contributed by atoms with E-state index < -0.39 is 54.7 Å². The first kappa shape index (κ1) is 43.2. The van der Waals surface area contributed by atoms with Gasteiger partial charge in [-0.05, 0) is 0 Å². The van der Waals surface area contributed by atoms with Crippen LogP contribution in [0, 0.1) is 0 Å². The monoisotopic (exact) mass is 1020 g/mol. The molecule has 1 heterocycles. The van der Waals surface area contributed by atoms with E-state index in [9.17, 15) is 9.64 Å². The van der Waals surface area contributed by atoms with E-state index in [4.69, 9.17) is 0 Å². The van der Waals surface area contributed by atoms with E-state index in [1.54, 1.807) is 53.8 Å². The third-order valence-electron chi connectivity index (χ3n) is 19.5. The van der Waals surface area contributed by atoms with Crippen LogP contribution in [0.5, 0.6) is 0 Å². The maximum atomic E-state index is 9.63. The summed E-state index contributed by atoms with van der Waals surface area (Å²) in [6.45, 7) is 0. The molecule has 0 spiro atoms. The van der Waals surface area contributed by atoms with Crippen molar-refractivity contribution in [1.29, 1.82) is 0 Å². The van der Waals surface area contributed by atoms with E-state index in [0.717, 1.165) is 37.9 Å². The molecule has 1 saturated heterocycles. The van der Waals surface area contributed by atoms with Gasteiger partial charge in [-0.3, -0.25) is 0 Å².